The summed E-state index contributed by atoms with van der Waals surface area (Å²) < 4.78 is 10.9. The van der Waals surface area contributed by atoms with E-state index in [2.05, 4.69) is 5.32 Å². The number of rotatable bonds is 6. The van der Waals surface area contributed by atoms with Crippen molar-refractivity contribution in [3.8, 4) is 5.75 Å². The minimum atomic E-state index is -0.417. The van der Waals surface area contributed by atoms with Crippen molar-refractivity contribution < 1.29 is 14.4 Å². The lowest BCUT2D eigenvalue weighted by Crippen LogP contribution is -2.22. The summed E-state index contributed by atoms with van der Waals surface area (Å²) in [6.07, 6.45) is 2.00. The van der Waals surface area contributed by atoms with E-state index >= 15 is 0 Å². The molecule has 21 heavy (non-hydrogen) atoms. The third kappa shape index (κ3) is 4.60. The summed E-state index contributed by atoms with van der Waals surface area (Å²) in [6.45, 7) is 6.18. The maximum absolute atomic E-state index is 11.0. The first kappa shape index (κ1) is 15.6. The molecule has 0 spiro atoms. The molecule has 1 N–H and O–H groups in total. The molecule has 1 fully saturated rings. The normalized spacial score (nSPS) is 16.0. The van der Waals surface area contributed by atoms with Crippen LogP contribution in [0.1, 0.15) is 26.7 Å². The summed E-state index contributed by atoms with van der Waals surface area (Å²) in [5.41, 5.74) is 0.850. The lowest BCUT2D eigenvalue weighted by Gasteiger charge is -2.22. The molecule has 6 nitrogen and oxygen atoms in total. The van der Waals surface area contributed by atoms with Crippen LogP contribution in [0.3, 0.4) is 0 Å². The highest BCUT2D eigenvalue weighted by molar-refractivity contribution is 5.58. The summed E-state index contributed by atoms with van der Waals surface area (Å²) in [4.78, 5) is 10.6. The monoisotopic (exact) mass is 294 g/mol. The number of ether oxygens (including phenoxy) is 2. The maximum atomic E-state index is 11.0. The predicted molar refractivity (Wildman–Crippen MR) is 80.9 cm³/mol. The first-order valence-corrected chi connectivity index (χ1v) is 7.33. The minimum Gasteiger partial charge on any atom is -0.484 e. The van der Waals surface area contributed by atoms with E-state index in [4.69, 9.17) is 9.47 Å². The Morgan fingerprint density at radius 2 is 2.14 bits per heavy atom. The Morgan fingerprint density at radius 3 is 2.76 bits per heavy atom. The van der Waals surface area contributed by atoms with Crippen LogP contribution in [0.4, 0.5) is 11.4 Å². The molecule has 1 aromatic rings. The number of nitro benzene ring substituents is 1. The molecule has 0 amide bonds. The number of nitro groups is 1. The fourth-order valence-corrected chi connectivity index (χ4v) is 2.34. The number of hydrogen-bond donors (Lipinski definition) is 1. The molecule has 1 saturated heterocycles. The van der Waals surface area contributed by atoms with Crippen LogP contribution >= 0.6 is 0 Å². The van der Waals surface area contributed by atoms with Gasteiger partial charge in [-0.2, -0.15) is 0 Å². The molecule has 0 saturated carbocycles. The lowest BCUT2D eigenvalue weighted by atomic mass is 10.0. The van der Waals surface area contributed by atoms with E-state index in [0.29, 0.717) is 11.7 Å². The van der Waals surface area contributed by atoms with Crippen molar-refractivity contribution in [3.05, 3.63) is 28.3 Å². The highest BCUT2D eigenvalue weighted by Gasteiger charge is 2.18. The summed E-state index contributed by atoms with van der Waals surface area (Å²) in [6, 6.07) is 4.92. The average Bonchev–Trinajstić information content (AvgIpc) is 2.45. The van der Waals surface area contributed by atoms with Crippen LogP contribution in [-0.2, 0) is 4.74 Å². The SMILES string of the molecule is CC(C)Oc1cc(NCC2CCOCC2)ccc1[N+](=O)[O-]. The molecule has 0 aliphatic carbocycles. The predicted octanol–water partition coefficient (Wildman–Crippen LogP) is 3.22. The van der Waals surface area contributed by atoms with Gasteiger partial charge >= 0.3 is 5.69 Å². The second kappa shape index (κ2) is 7.26. The molecule has 0 unspecified atom stereocenters. The van der Waals surface area contributed by atoms with Gasteiger partial charge in [-0.15, -0.1) is 0 Å². The van der Waals surface area contributed by atoms with E-state index in [9.17, 15) is 10.1 Å². The van der Waals surface area contributed by atoms with Gasteiger partial charge in [0.05, 0.1) is 11.0 Å². The van der Waals surface area contributed by atoms with Gasteiger partial charge in [-0.25, -0.2) is 0 Å². The van der Waals surface area contributed by atoms with E-state index < -0.39 is 4.92 Å². The molecule has 6 heteroatoms. The molecule has 0 atom stereocenters. The smallest absolute Gasteiger partial charge is 0.311 e. The van der Waals surface area contributed by atoms with Gasteiger partial charge in [0, 0.05) is 37.6 Å². The summed E-state index contributed by atoms with van der Waals surface area (Å²) in [7, 11) is 0. The molecule has 1 aliphatic heterocycles. The Kier molecular flexibility index (Phi) is 5.38. The Hall–Kier alpha value is -1.82. The van der Waals surface area contributed by atoms with Crippen LogP contribution < -0.4 is 10.1 Å². The molecule has 0 radical (unpaired) electrons. The van der Waals surface area contributed by atoms with E-state index in [1.165, 1.54) is 6.07 Å². The van der Waals surface area contributed by atoms with Gasteiger partial charge < -0.3 is 14.8 Å². The van der Waals surface area contributed by atoms with Crippen molar-refractivity contribution in [1.29, 1.82) is 0 Å². The second-order valence-electron chi connectivity index (χ2n) is 5.54. The van der Waals surface area contributed by atoms with Crippen molar-refractivity contribution in [2.75, 3.05) is 25.1 Å². The number of benzene rings is 1. The fraction of sp³-hybridized carbons (Fsp3) is 0.600. The van der Waals surface area contributed by atoms with Crippen molar-refractivity contribution >= 4 is 11.4 Å². The highest BCUT2D eigenvalue weighted by atomic mass is 16.6. The minimum absolute atomic E-state index is 0.000293. The number of hydrogen-bond acceptors (Lipinski definition) is 5. The number of nitrogens with one attached hydrogen (secondary N) is 1. The van der Waals surface area contributed by atoms with E-state index in [-0.39, 0.29) is 11.8 Å². The average molecular weight is 294 g/mol. The molecule has 1 heterocycles. The van der Waals surface area contributed by atoms with Crippen molar-refractivity contribution in [1.82, 2.24) is 0 Å². The zero-order valence-electron chi connectivity index (χ0n) is 12.5. The van der Waals surface area contributed by atoms with Gasteiger partial charge in [0.15, 0.2) is 5.75 Å². The van der Waals surface area contributed by atoms with E-state index in [0.717, 1.165) is 38.3 Å². The first-order chi connectivity index (χ1) is 10.1. The van der Waals surface area contributed by atoms with Gasteiger partial charge in [-0.05, 0) is 38.7 Å². The van der Waals surface area contributed by atoms with Gasteiger partial charge in [-0.3, -0.25) is 10.1 Å². The Labute approximate surface area is 124 Å². The van der Waals surface area contributed by atoms with E-state index in [1.807, 2.05) is 13.8 Å². The second-order valence-corrected chi connectivity index (χ2v) is 5.54. The zero-order valence-corrected chi connectivity index (χ0v) is 12.5. The zero-order chi connectivity index (χ0) is 15.2. The summed E-state index contributed by atoms with van der Waals surface area (Å²) >= 11 is 0. The van der Waals surface area contributed by atoms with Crippen LogP contribution in [0.25, 0.3) is 0 Å². The first-order valence-electron chi connectivity index (χ1n) is 7.33. The largest absolute Gasteiger partial charge is 0.484 e. The third-order valence-corrected chi connectivity index (χ3v) is 3.45. The molecule has 0 bridgehead atoms. The van der Waals surface area contributed by atoms with Gasteiger partial charge in [0.25, 0.3) is 0 Å². The topological polar surface area (TPSA) is 73.6 Å². The van der Waals surface area contributed by atoms with E-state index in [1.54, 1.807) is 12.1 Å². The molecule has 1 aliphatic rings. The fourth-order valence-electron chi connectivity index (χ4n) is 2.34. The Morgan fingerprint density at radius 1 is 1.43 bits per heavy atom. The number of nitrogens with zero attached hydrogens (tertiary/aromatic N) is 1. The molecule has 1 aromatic carbocycles. The van der Waals surface area contributed by atoms with Crippen LogP contribution in [0.5, 0.6) is 5.75 Å². The molecular formula is C15H22N2O4. The number of anilines is 1. The van der Waals surface area contributed by atoms with Crippen LogP contribution in [0.15, 0.2) is 18.2 Å². The molecule has 116 valence electrons. The van der Waals surface area contributed by atoms with Crippen LogP contribution in [-0.4, -0.2) is 30.8 Å². The molecule has 2 rings (SSSR count). The van der Waals surface area contributed by atoms with Crippen molar-refractivity contribution in [3.63, 3.8) is 0 Å². The Balaban J connectivity index is 2.03. The van der Waals surface area contributed by atoms with Crippen LogP contribution in [0, 0.1) is 16.0 Å². The Bertz CT molecular complexity index is 485. The van der Waals surface area contributed by atoms with Crippen LogP contribution in [0.2, 0.25) is 0 Å². The van der Waals surface area contributed by atoms with Gasteiger partial charge in [0.1, 0.15) is 0 Å². The summed E-state index contributed by atoms with van der Waals surface area (Å²) in [5, 5.41) is 14.3. The van der Waals surface area contributed by atoms with Crippen molar-refractivity contribution in [2.24, 2.45) is 5.92 Å². The quantitative estimate of drug-likeness (QED) is 0.644. The summed E-state index contributed by atoms with van der Waals surface area (Å²) in [5.74, 6) is 0.899. The molecule has 0 aromatic heterocycles. The lowest BCUT2D eigenvalue weighted by molar-refractivity contribution is -0.386. The van der Waals surface area contributed by atoms with Gasteiger partial charge in [0.2, 0.25) is 0 Å². The standard InChI is InChI=1S/C15H22N2O4/c1-11(2)21-15-9-13(3-4-14(15)17(18)19)16-10-12-5-7-20-8-6-12/h3-4,9,11-12,16H,5-8,10H2,1-2H3. The van der Waals surface area contributed by atoms with Gasteiger partial charge in [-0.1, -0.05) is 0 Å². The molecular weight excluding hydrogens is 272 g/mol. The maximum Gasteiger partial charge on any atom is 0.311 e. The highest BCUT2D eigenvalue weighted by Crippen LogP contribution is 2.31. The van der Waals surface area contributed by atoms with Crippen molar-refractivity contribution in [2.45, 2.75) is 32.8 Å². The third-order valence-electron chi connectivity index (χ3n) is 3.45.